The minimum atomic E-state index is -3.98. The summed E-state index contributed by atoms with van der Waals surface area (Å²) in [6.45, 7) is 1.54. The molecule has 33 heavy (non-hydrogen) atoms. The number of hydrogen-bond acceptors (Lipinski definition) is 5. The number of carbonyl (C=O) groups is 2. The van der Waals surface area contributed by atoms with Crippen LogP contribution in [-0.2, 0) is 26.1 Å². The summed E-state index contributed by atoms with van der Waals surface area (Å²) >= 11 is 5.90. The van der Waals surface area contributed by atoms with Gasteiger partial charge in [0.05, 0.1) is 24.1 Å². The number of hydrogen-bond donors (Lipinski definition) is 1. The first-order valence-corrected chi connectivity index (χ1v) is 11.8. The average molecular weight is 487 g/mol. The number of nitrogens with one attached hydrogen (secondary N) is 1. The van der Waals surface area contributed by atoms with Gasteiger partial charge in [0.15, 0.2) is 0 Å². The zero-order valence-corrected chi connectivity index (χ0v) is 19.7. The van der Waals surface area contributed by atoms with Gasteiger partial charge in [0.2, 0.25) is 15.9 Å². The lowest BCUT2D eigenvalue weighted by Gasteiger charge is -2.22. The molecule has 0 atom stereocenters. The van der Waals surface area contributed by atoms with E-state index in [9.17, 15) is 18.0 Å². The standard InChI is InChI=1S/C24H23ClN2O5S/c1-17-3-5-18(6-4-17)15-27(33(30,31)22-13-9-20(25)10-14-22)16-23(28)26-21-11-7-19(8-12-21)24(29)32-2/h3-14H,15-16H2,1-2H3,(H,26,28). The van der Waals surface area contributed by atoms with Gasteiger partial charge < -0.3 is 10.1 Å². The van der Waals surface area contributed by atoms with E-state index in [4.69, 9.17) is 11.6 Å². The summed E-state index contributed by atoms with van der Waals surface area (Å²) < 4.78 is 32.4. The molecular weight excluding hydrogens is 464 g/mol. The highest BCUT2D eigenvalue weighted by atomic mass is 35.5. The van der Waals surface area contributed by atoms with E-state index >= 15 is 0 Å². The van der Waals surface area contributed by atoms with Crippen LogP contribution in [0.25, 0.3) is 0 Å². The Morgan fingerprint density at radius 2 is 1.55 bits per heavy atom. The van der Waals surface area contributed by atoms with E-state index in [0.29, 0.717) is 16.3 Å². The average Bonchev–Trinajstić information content (AvgIpc) is 2.80. The van der Waals surface area contributed by atoms with Crippen molar-refractivity contribution in [1.82, 2.24) is 4.31 Å². The lowest BCUT2D eigenvalue weighted by Crippen LogP contribution is -2.37. The molecule has 0 spiro atoms. The van der Waals surface area contributed by atoms with Crippen LogP contribution < -0.4 is 5.32 Å². The highest BCUT2D eigenvalue weighted by Crippen LogP contribution is 2.21. The van der Waals surface area contributed by atoms with Crippen molar-refractivity contribution in [3.8, 4) is 0 Å². The third kappa shape index (κ3) is 6.41. The van der Waals surface area contributed by atoms with Crippen molar-refractivity contribution in [3.63, 3.8) is 0 Å². The van der Waals surface area contributed by atoms with Crippen LogP contribution in [0.4, 0.5) is 5.69 Å². The number of nitrogens with zero attached hydrogens (tertiary/aromatic N) is 1. The molecule has 0 radical (unpaired) electrons. The molecule has 0 saturated carbocycles. The Labute approximate surface area is 198 Å². The van der Waals surface area contributed by atoms with Gasteiger partial charge >= 0.3 is 5.97 Å². The first-order chi connectivity index (χ1) is 15.7. The number of halogens is 1. The Bertz CT molecular complexity index is 1230. The molecule has 3 rings (SSSR count). The topological polar surface area (TPSA) is 92.8 Å². The molecule has 172 valence electrons. The number of carbonyl (C=O) groups excluding carboxylic acids is 2. The molecule has 9 heteroatoms. The fraction of sp³-hybridized carbons (Fsp3) is 0.167. The van der Waals surface area contributed by atoms with Crippen LogP contribution in [0.2, 0.25) is 5.02 Å². The third-order valence-corrected chi connectivity index (χ3v) is 6.90. The van der Waals surface area contributed by atoms with E-state index in [1.54, 1.807) is 12.1 Å². The van der Waals surface area contributed by atoms with Gasteiger partial charge in [0.1, 0.15) is 0 Å². The van der Waals surface area contributed by atoms with Gasteiger partial charge in [-0.2, -0.15) is 4.31 Å². The number of rotatable bonds is 8. The second-order valence-electron chi connectivity index (χ2n) is 7.33. The smallest absolute Gasteiger partial charge is 0.337 e. The van der Waals surface area contributed by atoms with Crippen molar-refractivity contribution in [1.29, 1.82) is 0 Å². The molecule has 0 saturated heterocycles. The van der Waals surface area contributed by atoms with Gasteiger partial charge in [-0.1, -0.05) is 41.4 Å². The molecule has 0 aliphatic heterocycles. The van der Waals surface area contributed by atoms with Gasteiger partial charge in [-0.25, -0.2) is 13.2 Å². The monoisotopic (exact) mass is 486 g/mol. The number of amides is 1. The lowest BCUT2D eigenvalue weighted by molar-refractivity contribution is -0.116. The molecule has 7 nitrogen and oxygen atoms in total. The quantitative estimate of drug-likeness (QED) is 0.480. The number of ether oxygens (including phenoxy) is 1. The van der Waals surface area contributed by atoms with E-state index in [1.165, 1.54) is 43.5 Å². The Kier molecular flexibility index (Phi) is 7.86. The van der Waals surface area contributed by atoms with Crippen molar-refractivity contribution >= 4 is 39.2 Å². The number of benzene rings is 3. The maximum atomic E-state index is 13.3. The molecule has 0 aliphatic carbocycles. The van der Waals surface area contributed by atoms with E-state index in [-0.39, 0.29) is 11.4 Å². The van der Waals surface area contributed by atoms with Gasteiger partial charge in [-0.05, 0) is 61.0 Å². The molecule has 1 N–H and O–H groups in total. The normalized spacial score (nSPS) is 11.3. The van der Waals surface area contributed by atoms with E-state index in [2.05, 4.69) is 10.1 Å². The van der Waals surface area contributed by atoms with Crippen molar-refractivity contribution < 1.29 is 22.7 Å². The van der Waals surface area contributed by atoms with Crippen molar-refractivity contribution in [3.05, 3.63) is 94.5 Å². The molecular formula is C24H23ClN2O5S. The number of methoxy groups -OCH3 is 1. The summed E-state index contributed by atoms with van der Waals surface area (Å²) in [6, 6.07) is 19.3. The predicted molar refractivity (Wildman–Crippen MR) is 127 cm³/mol. The van der Waals surface area contributed by atoms with E-state index in [1.807, 2.05) is 31.2 Å². The van der Waals surface area contributed by atoms with E-state index in [0.717, 1.165) is 15.4 Å². The molecule has 3 aromatic rings. The van der Waals surface area contributed by atoms with Crippen LogP contribution >= 0.6 is 11.6 Å². The summed E-state index contributed by atoms with van der Waals surface area (Å²) in [7, 11) is -2.70. The van der Waals surface area contributed by atoms with Gasteiger partial charge in [0.25, 0.3) is 0 Å². The zero-order valence-electron chi connectivity index (χ0n) is 18.1. The molecule has 0 aromatic heterocycles. The van der Waals surface area contributed by atoms with Crippen molar-refractivity contribution in [2.75, 3.05) is 19.0 Å². The maximum absolute atomic E-state index is 13.3. The summed E-state index contributed by atoms with van der Waals surface area (Å²) in [5.74, 6) is -1.02. The van der Waals surface area contributed by atoms with Crippen LogP contribution in [-0.4, -0.2) is 38.3 Å². The maximum Gasteiger partial charge on any atom is 0.337 e. The van der Waals surface area contributed by atoms with Gasteiger partial charge in [-0.15, -0.1) is 0 Å². The number of sulfonamides is 1. The number of anilines is 1. The third-order valence-electron chi connectivity index (χ3n) is 4.84. The summed E-state index contributed by atoms with van der Waals surface area (Å²) in [5.41, 5.74) is 2.54. The van der Waals surface area contributed by atoms with Crippen molar-refractivity contribution in [2.45, 2.75) is 18.4 Å². The Balaban J connectivity index is 1.82. The van der Waals surface area contributed by atoms with E-state index < -0.39 is 28.4 Å². The zero-order chi connectivity index (χ0) is 24.0. The molecule has 0 heterocycles. The summed E-state index contributed by atoms with van der Waals surface area (Å²) in [4.78, 5) is 24.3. The second-order valence-corrected chi connectivity index (χ2v) is 9.70. The van der Waals surface area contributed by atoms with Crippen LogP contribution in [0.1, 0.15) is 21.5 Å². The van der Waals surface area contributed by atoms with Crippen LogP contribution in [0, 0.1) is 6.92 Å². The largest absolute Gasteiger partial charge is 0.465 e. The molecule has 0 unspecified atom stereocenters. The Morgan fingerprint density at radius 3 is 2.12 bits per heavy atom. The first kappa shape index (κ1) is 24.4. The van der Waals surface area contributed by atoms with Crippen LogP contribution in [0.3, 0.4) is 0 Å². The fourth-order valence-electron chi connectivity index (χ4n) is 3.05. The predicted octanol–water partition coefficient (Wildman–Crippen LogP) is 4.26. The van der Waals surface area contributed by atoms with Gasteiger partial charge in [-0.3, -0.25) is 4.79 Å². The van der Waals surface area contributed by atoms with Crippen LogP contribution in [0.5, 0.6) is 0 Å². The summed E-state index contributed by atoms with van der Waals surface area (Å²) in [6.07, 6.45) is 0. The molecule has 1 amide bonds. The first-order valence-electron chi connectivity index (χ1n) is 9.98. The number of aryl methyl sites for hydroxylation is 1. The Morgan fingerprint density at radius 1 is 0.939 bits per heavy atom. The minimum absolute atomic E-state index is 0.0138. The van der Waals surface area contributed by atoms with Crippen molar-refractivity contribution in [2.24, 2.45) is 0 Å². The molecule has 0 fully saturated rings. The molecule has 3 aromatic carbocycles. The summed E-state index contributed by atoms with van der Waals surface area (Å²) in [5, 5.41) is 3.08. The Hall–Kier alpha value is -3.20. The molecule has 0 aliphatic rings. The van der Waals surface area contributed by atoms with Gasteiger partial charge in [0, 0.05) is 17.3 Å². The lowest BCUT2D eigenvalue weighted by atomic mass is 10.1. The SMILES string of the molecule is COC(=O)c1ccc(NC(=O)CN(Cc2ccc(C)cc2)S(=O)(=O)c2ccc(Cl)cc2)cc1. The number of esters is 1. The van der Waals surface area contributed by atoms with Crippen LogP contribution in [0.15, 0.2) is 77.7 Å². The fourth-order valence-corrected chi connectivity index (χ4v) is 4.56. The molecule has 0 bridgehead atoms. The highest BCUT2D eigenvalue weighted by molar-refractivity contribution is 7.89. The minimum Gasteiger partial charge on any atom is -0.465 e. The second kappa shape index (κ2) is 10.6. The highest BCUT2D eigenvalue weighted by Gasteiger charge is 2.27.